The molecule has 45 heavy (non-hydrogen) atoms. The Morgan fingerprint density at radius 1 is 1.18 bits per heavy atom. The van der Waals surface area contributed by atoms with Gasteiger partial charge in [0.05, 0.1) is 29.6 Å². The normalized spacial score (nSPS) is 30.1. The molecule has 2 bridgehead atoms. The van der Waals surface area contributed by atoms with Gasteiger partial charge < -0.3 is 43.0 Å². The van der Waals surface area contributed by atoms with E-state index in [0.29, 0.717) is 46.9 Å². The third kappa shape index (κ3) is 3.47. The van der Waals surface area contributed by atoms with Gasteiger partial charge in [-0.25, -0.2) is 4.79 Å². The molecule has 3 saturated heterocycles. The van der Waals surface area contributed by atoms with Crippen LogP contribution in [0.2, 0.25) is 0 Å². The number of benzene rings is 3. The van der Waals surface area contributed by atoms with E-state index >= 15 is 0 Å². The standard InChI is InChI=1S/C31H27NO13/c1-14-11-18-22(23(34)21-17(24(18)38-2)5-4-6-19(21)33)25-20(14)26-27-31(39-3,44-25)29(12-41-29)30(43-26,45-27)13-40-28(35)42-16-9-7-15(8-10-16)32(36)37/h7-11,26-27,34H,4-6,12-13H2,1-3H3/t26?,27?,29-,30?,31-/m1/s1. The number of non-ortho nitro benzene ring substituents is 1. The number of aromatic hydroxyl groups is 1. The number of hydrogen-bond donors (Lipinski definition) is 1. The highest BCUT2D eigenvalue weighted by molar-refractivity contribution is 6.11. The summed E-state index contributed by atoms with van der Waals surface area (Å²) in [6.45, 7) is 1.49. The van der Waals surface area contributed by atoms with Crippen LogP contribution in [0.1, 0.15) is 46.0 Å². The second-order valence-corrected chi connectivity index (χ2v) is 11.7. The zero-order valence-corrected chi connectivity index (χ0v) is 24.4. The number of ketones is 1. The Bertz CT molecular complexity index is 1830. The number of phenolic OH excluding ortho intramolecular Hbond substituents is 1. The van der Waals surface area contributed by atoms with E-state index < -0.39 is 47.1 Å². The van der Waals surface area contributed by atoms with Gasteiger partial charge in [-0.05, 0) is 43.5 Å². The minimum Gasteiger partial charge on any atom is -0.506 e. The van der Waals surface area contributed by atoms with Gasteiger partial charge in [0.2, 0.25) is 11.4 Å². The molecule has 0 aromatic heterocycles. The lowest BCUT2D eigenvalue weighted by atomic mass is 9.78. The molecule has 14 nitrogen and oxygen atoms in total. The molecule has 3 aromatic carbocycles. The smallest absolute Gasteiger partial charge is 0.506 e. The zero-order chi connectivity index (χ0) is 31.5. The Labute approximate surface area is 254 Å². The molecule has 1 N–H and O–H groups in total. The summed E-state index contributed by atoms with van der Waals surface area (Å²) in [7, 11) is 2.97. The van der Waals surface area contributed by atoms with E-state index in [4.69, 9.17) is 37.9 Å². The number of hydrogen-bond acceptors (Lipinski definition) is 13. The largest absolute Gasteiger partial charge is 0.514 e. The van der Waals surface area contributed by atoms with Crippen molar-refractivity contribution < 1.29 is 57.5 Å². The highest BCUT2D eigenvalue weighted by Gasteiger charge is 2.91. The molecular formula is C31H27NO13. The minimum absolute atomic E-state index is 0.0407. The van der Waals surface area contributed by atoms with Gasteiger partial charge in [-0.15, -0.1) is 0 Å². The lowest BCUT2D eigenvalue weighted by molar-refractivity contribution is -0.384. The molecule has 3 fully saturated rings. The predicted molar refractivity (Wildman–Crippen MR) is 150 cm³/mol. The average Bonchev–Trinajstić information content (AvgIpc) is 3.69. The number of nitro benzene ring substituents is 1. The monoisotopic (exact) mass is 621 g/mol. The number of epoxide rings is 1. The van der Waals surface area contributed by atoms with Gasteiger partial charge in [-0.1, -0.05) is 0 Å². The first-order valence-electron chi connectivity index (χ1n) is 14.4. The first kappa shape index (κ1) is 28.0. The highest BCUT2D eigenvalue weighted by atomic mass is 16.9. The molecular weight excluding hydrogens is 594 g/mol. The van der Waals surface area contributed by atoms with E-state index in [1.165, 1.54) is 38.5 Å². The maximum atomic E-state index is 13.0. The van der Waals surface area contributed by atoms with Crippen molar-refractivity contribution in [2.45, 2.75) is 55.6 Å². The second-order valence-electron chi connectivity index (χ2n) is 11.7. The number of rotatable bonds is 6. The fraction of sp³-hybridized carbons (Fsp3) is 0.419. The van der Waals surface area contributed by atoms with Gasteiger partial charge in [0.1, 0.15) is 29.1 Å². The van der Waals surface area contributed by atoms with Gasteiger partial charge in [-0.3, -0.25) is 14.9 Å². The SMILES string of the molecule is COc1c2c(c(O)c3c4c(c(C)cc13)C1OC3(COC(=O)Oc5ccc([N+](=O)[O-])cc5)OC1[C@@](OC)(O4)[C@@]31CO1)C(=O)CCC2. The summed E-state index contributed by atoms with van der Waals surface area (Å²) in [5.74, 6) is -2.79. The number of Topliss-reactive ketones (excluding diaryl/α,β-unsaturated/α-hetero) is 1. The summed E-state index contributed by atoms with van der Waals surface area (Å²) in [5, 5.41) is 23.4. The third-order valence-electron chi connectivity index (χ3n) is 9.50. The summed E-state index contributed by atoms with van der Waals surface area (Å²) in [6.07, 6.45) is -1.20. The zero-order valence-electron chi connectivity index (χ0n) is 24.4. The van der Waals surface area contributed by atoms with E-state index in [0.717, 1.165) is 5.56 Å². The number of methoxy groups -OCH3 is 2. The molecule has 1 spiro atoms. The van der Waals surface area contributed by atoms with Gasteiger partial charge in [-0.2, -0.15) is 0 Å². The van der Waals surface area contributed by atoms with Crippen molar-refractivity contribution in [3.8, 4) is 23.0 Å². The maximum absolute atomic E-state index is 13.0. The molecule has 1 aliphatic carbocycles. The summed E-state index contributed by atoms with van der Waals surface area (Å²) in [5.41, 5.74) is 0.689. The molecule has 4 aliphatic heterocycles. The van der Waals surface area contributed by atoms with Crippen molar-refractivity contribution in [1.82, 2.24) is 0 Å². The molecule has 4 heterocycles. The topological polar surface area (TPSA) is 175 Å². The number of nitro groups is 1. The van der Waals surface area contributed by atoms with Crippen molar-refractivity contribution in [3.63, 3.8) is 0 Å². The fourth-order valence-electron chi connectivity index (χ4n) is 7.49. The van der Waals surface area contributed by atoms with Crippen LogP contribution >= 0.6 is 0 Å². The summed E-state index contributed by atoms with van der Waals surface area (Å²) in [6, 6.07) is 6.80. The highest BCUT2D eigenvalue weighted by Crippen LogP contribution is 2.71. The van der Waals surface area contributed by atoms with E-state index in [1.54, 1.807) is 0 Å². The van der Waals surface area contributed by atoms with E-state index in [9.17, 15) is 24.8 Å². The Kier molecular flexibility index (Phi) is 5.77. The number of ether oxygens (including phenoxy) is 8. The molecule has 3 unspecified atom stereocenters. The first-order valence-corrected chi connectivity index (χ1v) is 14.4. The molecule has 0 saturated carbocycles. The molecule has 5 atom stereocenters. The minimum atomic E-state index is -1.64. The Morgan fingerprint density at radius 2 is 1.93 bits per heavy atom. The average molecular weight is 622 g/mol. The number of nitrogens with zero attached hydrogens (tertiary/aromatic N) is 1. The van der Waals surface area contributed by atoms with Crippen molar-refractivity contribution in [2.75, 3.05) is 27.4 Å². The van der Waals surface area contributed by atoms with Crippen LogP contribution in [0.4, 0.5) is 10.5 Å². The van der Waals surface area contributed by atoms with Crippen LogP contribution < -0.4 is 14.2 Å². The summed E-state index contributed by atoms with van der Waals surface area (Å²) >= 11 is 0. The van der Waals surface area contributed by atoms with Gasteiger partial charge in [0, 0.05) is 42.2 Å². The Hall–Kier alpha value is -4.50. The number of phenols is 1. The summed E-state index contributed by atoms with van der Waals surface area (Å²) < 4.78 is 48.1. The molecule has 0 radical (unpaired) electrons. The molecule has 5 aliphatic rings. The van der Waals surface area contributed by atoms with Gasteiger partial charge >= 0.3 is 6.16 Å². The van der Waals surface area contributed by atoms with Crippen LogP contribution in [0.5, 0.6) is 23.0 Å². The third-order valence-corrected chi connectivity index (χ3v) is 9.50. The number of carbonyl (C=O) groups is 2. The number of aryl methyl sites for hydroxylation is 1. The van der Waals surface area contributed by atoms with Crippen LogP contribution in [0.15, 0.2) is 30.3 Å². The lowest BCUT2D eigenvalue weighted by Crippen LogP contribution is -2.68. The van der Waals surface area contributed by atoms with Crippen LogP contribution in [0.25, 0.3) is 10.8 Å². The summed E-state index contributed by atoms with van der Waals surface area (Å²) in [4.78, 5) is 36.1. The van der Waals surface area contributed by atoms with Crippen molar-refractivity contribution >= 4 is 28.4 Å². The first-order chi connectivity index (χ1) is 21.6. The van der Waals surface area contributed by atoms with Crippen LogP contribution in [-0.4, -0.2) is 72.7 Å². The molecule has 3 aromatic rings. The van der Waals surface area contributed by atoms with E-state index in [1.807, 2.05) is 13.0 Å². The fourth-order valence-corrected chi connectivity index (χ4v) is 7.49. The predicted octanol–water partition coefficient (Wildman–Crippen LogP) is 4.18. The maximum Gasteiger partial charge on any atom is 0.514 e. The van der Waals surface area contributed by atoms with Crippen LogP contribution in [-0.2, 0) is 30.1 Å². The molecule has 0 amide bonds. The second kappa shape index (κ2) is 9.26. The van der Waals surface area contributed by atoms with Gasteiger partial charge in [0.25, 0.3) is 11.5 Å². The molecule has 8 rings (SSSR count). The lowest BCUT2D eigenvalue weighted by Gasteiger charge is -2.48. The number of carbonyl (C=O) groups excluding carboxylic acids is 2. The van der Waals surface area contributed by atoms with Crippen LogP contribution in [0, 0.1) is 17.0 Å². The van der Waals surface area contributed by atoms with E-state index in [-0.39, 0.29) is 40.9 Å². The Balaban J connectivity index is 1.18. The van der Waals surface area contributed by atoms with Gasteiger partial charge in [0.15, 0.2) is 18.5 Å². The number of fused-ring (bicyclic) bond motifs is 8. The van der Waals surface area contributed by atoms with Crippen molar-refractivity contribution in [3.05, 3.63) is 62.7 Å². The van der Waals surface area contributed by atoms with Crippen LogP contribution in [0.3, 0.4) is 0 Å². The van der Waals surface area contributed by atoms with Crippen molar-refractivity contribution in [2.24, 2.45) is 0 Å². The molecule has 234 valence electrons. The Morgan fingerprint density at radius 3 is 2.60 bits per heavy atom. The quantitative estimate of drug-likeness (QED) is 0.137. The van der Waals surface area contributed by atoms with Crippen molar-refractivity contribution in [1.29, 1.82) is 0 Å². The van der Waals surface area contributed by atoms with E-state index in [2.05, 4.69) is 0 Å². The molecule has 14 heteroatoms.